The topological polar surface area (TPSA) is 58.6 Å². The molecule has 132 valence electrons. The second-order valence-electron chi connectivity index (χ2n) is 5.72. The summed E-state index contributed by atoms with van der Waals surface area (Å²) in [5.41, 5.74) is 0.665. The van der Waals surface area contributed by atoms with Crippen LogP contribution in [0.5, 0.6) is 11.5 Å². The Morgan fingerprint density at radius 3 is 2.24 bits per heavy atom. The van der Waals surface area contributed by atoms with Crippen molar-refractivity contribution in [3.8, 4) is 11.5 Å². The van der Waals surface area contributed by atoms with Gasteiger partial charge in [0, 0.05) is 19.2 Å². The van der Waals surface area contributed by atoms with Crippen LogP contribution in [0.15, 0.2) is 54.6 Å². The number of anilines is 1. The third-order valence-electron chi connectivity index (χ3n) is 3.66. The molecule has 0 saturated heterocycles. The van der Waals surface area contributed by atoms with Gasteiger partial charge in [-0.25, -0.2) is 0 Å². The van der Waals surface area contributed by atoms with Crippen LogP contribution in [0, 0.1) is 0 Å². The molecular weight excluding hydrogens is 316 g/mol. The number of benzene rings is 2. The molecule has 2 rings (SSSR count). The molecule has 0 spiro atoms. The molecule has 0 saturated carbocycles. The normalized spacial score (nSPS) is 10.2. The van der Waals surface area contributed by atoms with Crippen molar-refractivity contribution in [1.29, 1.82) is 0 Å². The van der Waals surface area contributed by atoms with Crippen LogP contribution in [-0.2, 0) is 9.59 Å². The minimum Gasteiger partial charge on any atom is -0.457 e. The molecule has 5 nitrogen and oxygen atoms in total. The number of ether oxygens (including phenoxy) is 1. The zero-order valence-electron chi connectivity index (χ0n) is 14.7. The molecule has 2 aromatic carbocycles. The quantitative estimate of drug-likeness (QED) is 0.745. The zero-order valence-corrected chi connectivity index (χ0v) is 14.7. The number of para-hydroxylation sites is 1. The van der Waals surface area contributed by atoms with Crippen LogP contribution in [0.1, 0.15) is 26.7 Å². The highest BCUT2D eigenvalue weighted by Crippen LogP contribution is 2.24. The van der Waals surface area contributed by atoms with Crippen molar-refractivity contribution in [2.75, 3.05) is 18.0 Å². The first-order valence-electron chi connectivity index (χ1n) is 8.48. The van der Waals surface area contributed by atoms with Gasteiger partial charge in [0.15, 0.2) is 0 Å². The fourth-order valence-corrected chi connectivity index (χ4v) is 2.31. The largest absolute Gasteiger partial charge is 0.457 e. The fourth-order valence-electron chi connectivity index (χ4n) is 2.31. The second-order valence-corrected chi connectivity index (χ2v) is 5.72. The van der Waals surface area contributed by atoms with Crippen LogP contribution < -0.4 is 15.0 Å². The summed E-state index contributed by atoms with van der Waals surface area (Å²) in [7, 11) is 0. The summed E-state index contributed by atoms with van der Waals surface area (Å²) in [4.78, 5) is 25.3. The number of hydrogen-bond acceptors (Lipinski definition) is 3. The highest BCUT2D eigenvalue weighted by Gasteiger charge is 2.15. The van der Waals surface area contributed by atoms with Crippen molar-refractivity contribution in [1.82, 2.24) is 5.32 Å². The lowest BCUT2D eigenvalue weighted by atomic mass is 10.2. The lowest BCUT2D eigenvalue weighted by Gasteiger charge is -2.21. The summed E-state index contributed by atoms with van der Waals surface area (Å²) in [6.45, 7) is 4.16. The molecule has 0 fully saturated rings. The Morgan fingerprint density at radius 1 is 1.00 bits per heavy atom. The Hall–Kier alpha value is -2.82. The average Bonchev–Trinajstić information content (AvgIpc) is 2.61. The Labute approximate surface area is 148 Å². The van der Waals surface area contributed by atoms with E-state index in [4.69, 9.17) is 4.74 Å². The van der Waals surface area contributed by atoms with Crippen molar-refractivity contribution in [3.63, 3.8) is 0 Å². The van der Waals surface area contributed by atoms with E-state index < -0.39 is 0 Å². The zero-order chi connectivity index (χ0) is 18.1. The Morgan fingerprint density at radius 2 is 1.64 bits per heavy atom. The molecule has 0 unspecified atom stereocenters. The number of carbonyl (C=O) groups is 2. The monoisotopic (exact) mass is 340 g/mol. The number of amides is 2. The molecule has 0 bridgehead atoms. The standard InChI is InChI=1S/C20H24N2O3/c1-3-4-14-21-20(24)15-22(16(2)23)17-10-12-19(13-11-17)25-18-8-6-5-7-9-18/h5-13H,3-4,14-15H2,1-2H3,(H,21,24). The number of nitrogens with one attached hydrogen (secondary N) is 1. The van der Waals surface area contributed by atoms with Gasteiger partial charge in [0.1, 0.15) is 18.0 Å². The number of rotatable bonds is 8. The third kappa shape index (κ3) is 5.95. The molecule has 0 radical (unpaired) electrons. The van der Waals surface area contributed by atoms with E-state index in [9.17, 15) is 9.59 Å². The van der Waals surface area contributed by atoms with E-state index in [2.05, 4.69) is 12.2 Å². The first-order chi connectivity index (χ1) is 12.1. The predicted octanol–water partition coefficient (Wildman–Crippen LogP) is 3.75. The maximum atomic E-state index is 12.0. The summed E-state index contributed by atoms with van der Waals surface area (Å²) in [6.07, 6.45) is 1.94. The van der Waals surface area contributed by atoms with Crippen LogP contribution in [0.3, 0.4) is 0 Å². The van der Waals surface area contributed by atoms with E-state index in [0.29, 0.717) is 18.0 Å². The maximum absolute atomic E-state index is 12.0. The van der Waals surface area contributed by atoms with Gasteiger partial charge in [-0.1, -0.05) is 31.5 Å². The number of carbonyl (C=O) groups excluding carboxylic acids is 2. The summed E-state index contributed by atoms with van der Waals surface area (Å²) in [5, 5.41) is 2.83. The highest BCUT2D eigenvalue weighted by molar-refractivity contribution is 5.97. The molecule has 0 heterocycles. The molecule has 0 atom stereocenters. The van der Waals surface area contributed by atoms with Gasteiger partial charge in [-0.3, -0.25) is 9.59 Å². The lowest BCUT2D eigenvalue weighted by molar-refractivity contribution is -0.123. The minimum atomic E-state index is -0.178. The van der Waals surface area contributed by atoms with Gasteiger partial charge < -0.3 is 15.0 Å². The van der Waals surface area contributed by atoms with E-state index >= 15 is 0 Å². The van der Waals surface area contributed by atoms with Crippen molar-refractivity contribution in [2.45, 2.75) is 26.7 Å². The van der Waals surface area contributed by atoms with Gasteiger partial charge >= 0.3 is 0 Å². The number of nitrogens with zero attached hydrogens (tertiary/aromatic N) is 1. The molecule has 25 heavy (non-hydrogen) atoms. The molecule has 0 aliphatic rings. The Balaban J connectivity index is 2.01. The van der Waals surface area contributed by atoms with Crippen LogP contribution in [-0.4, -0.2) is 24.9 Å². The van der Waals surface area contributed by atoms with Crippen LogP contribution in [0.2, 0.25) is 0 Å². The maximum Gasteiger partial charge on any atom is 0.240 e. The van der Waals surface area contributed by atoms with Gasteiger partial charge in [-0.15, -0.1) is 0 Å². The second kappa shape index (κ2) is 9.47. The van der Waals surface area contributed by atoms with Gasteiger partial charge in [-0.2, -0.15) is 0 Å². The molecule has 0 aromatic heterocycles. The van der Waals surface area contributed by atoms with Crippen molar-refractivity contribution >= 4 is 17.5 Å². The van der Waals surface area contributed by atoms with Crippen LogP contribution >= 0.6 is 0 Å². The fraction of sp³-hybridized carbons (Fsp3) is 0.300. The van der Waals surface area contributed by atoms with E-state index in [0.717, 1.165) is 18.6 Å². The van der Waals surface area contributed by atoms with E-state index in [1.807, 2.05) is 30.3 Å². The van der Waals surface area contributed by atoms with E-state index in [-0.39, 0.29) is 18.4 Å². The molecule has 1 N–H and O–H groups in total. The van der Waals surface area contributed by atoms with Crippen LogP contribution in [0.25, 0.3) is 0 Å². The Kier molecular flexibility index (Phi) is 7.01. The van der Waals surface area contributed by atoms with Gasteiger partial charge in [0.2, 0.25) is 11.8 Å². The third-order valence-corrected chi connectivity index (χ3v) is 3.66. The highest BCUT2D eigenvalue weighted by atomic mass is 16.5. The Bertz CT molecular complexity index is 684. The first kappa shape index (κ1) is 18.5. The van der Waals surface area contributed by atoms with E-state index in [1.165, 1.54) is 11.8 Å². The smallest absolute Gasteiger partial charge is 0.240 e. The lowest BCUT2D eigenvalue weighted by Crippen LogP contribution is -2.40. The summed E-state index contributed by atoms with van der Waals surface area (Å²) in [6, 6.07) is 16.6. The molecule has 2 aromatic rings. The summed E-state index contributed by atoms with van der Waals surface area (Å²) < 4.78 is 5.74. The van der Waals surface area contributed by atoms with Crippen molar-refractivity contribution < 1.29 is 14.3 Å². The minimum absolute atomic E-state index is 0.0118. The molecule has 2 amide bonds. The number of unbranched alkanes of at least 4 members (excludes halogenated alkanes) is 1. The summed E-state index contributed by atoms with van der Waals surface area (Å²) >= 11 is 0. The van der Waals surface area contributed by atoms with Crippen molar-refractivity contribution in [3.05, 3.63) is 54.6 Å². The number of hydrogen-bond donors (Lipinski definition) is 1. The predicted molar refractivity (Wildman–Crippen MR) is 98.9 cm³/mol. The molecular formula is C20H24N2O3. The van der Waals surface area contributed by atoms with Gasteiger partial charge in [0.05, 0.1) is 0 Å². The van der Waals surface area contributed by atoms with E-state index in [1.54, 1.807) is 24.3 Å². The van der Waals surface area contributed by atoms with Gasteiger partial charge in [0.25, 0.3) is 0 Å². The molecule has 0 aliphatic heterocycles. The summed E-state index contributed by atoms with van der Waals surface area (Å²) in [5.74, 6) is 1.08. The van der Waals surface area contributed by atoms with Crippen LogP contribution in [0.4, 0.5) is 5.69 Å². The molecule has 5 heteroatoms. The average molecular weight is 340 g/mol. The SMILES string of the molecule is CCCCNC(=O)CN(C(C)=O)c1ccc(Oc2ccccc2)cc1. The van der Waals surface area contributed by atoms with Crippen molar-refractivity contribution in [2.24, 2.45) is 0 Å². The first-order valence-corrected chi connectivity index (χ1v) is 8.48. The van der Waals surface area contributed by atoms with Gasteiger partial charge in [-0.05, 0) is 42.8 Å². The molecule has 0 aliphatic carbocycles.